The molecule has 0 aliphatic heterocycles. The largest absolute Gasteiger partial charge is 0.493 e. The fourth-order valence-corrected chi connectivity index (χ4v) is 4.14. The van der Waals surface area contributed by atoms with E-state index in [9.17, 15) is 4.79 Å². The number of nitrogens with zero attached hydrogens (tertiary/aromatic N) is 2. The number of hydrogen-bond donors (Lipinski definition) is 1. The number of hydrogen-bond acceptors (Lipinski definition) is 4. The fourth-order valence-electron chi connectivity index (χ4n) is 4.14. The summed E-state index contributed by atoms with van der Waals surface area (Å²) in [4.78, 5) is 12.6. The molecule has 0 fully saturated rings. The Morgan fingerprint density at radius 2 is 2.06 bits per heavy atom. The average Bonchev–Trinajstić information content (AvgIpc) is 3.23. The van der Waals surface area contributed by atoms with Crippen molar-refractivity contribution in [2.24, 2.45) is 0 Å². The summed E-state index contributed by atoms with van der Waals surface area (Å²) in [6.45, 7) is 2.63. The third-order valence-corrected chi connectivity index (χ3v) is 5.68. The highest BCUT2D eigenvalue weighted by Crippen LogP contribution is 2.31. The lowest BCUT2D eigenvalue weighted by Crippen LogP contribution is -2.34. The van der Waals surface area contributed by atoms with Gasteiger partial charge < -0.3 is 14.8 Å². The zero-order valence-corrected chi connectivity index (χ0v) is 18.6. The van der Waals surface area contributed by atoms with Gasteiger partial charge in [-0.3, -0.25) is 9.48 Å². The van der Waals surface area contributed by atoms with Crippen LogP contribution in [0.15, 0.2) is 60.8 Å². The highest BCUT2D eigenvalue weighted by Gasteiger charge is 2.25. The molecule has 0 spiro atoms. The molecule has 1 atom stereocenters. The number of fused-ring (bicyclic) bond motifs is 1. The summed E-state index contributed by atoms with van der Waals surface area (Å²) in [7, 11) is 1.60. The lowest BCUT2D eigenvalue weighted by molar-refractivity contribution is -0.124. The molecule has 1 aliphatic carbocycles. The molecule has 0 bridgehead atoms. The van der Waals surface area contributed by atoms with E-state index in [-0.39, 0.29) is 18.6 Å². The van der Waals surface area contributed by atoms with Crippen molar-refractivity contribution >= 4 is 12.0 Å². The molecule has 6 heteroatoms. The molecule has 1 N–H and O–H groups in total. The van der Waals surface area contributed by atoms with Crippen molar-refractivity contribution in [3.8, 4) is 11.5 Å². The molecule has 0 saturated heterocycles. The number of methoxy groups -OCH3 is 1. The Balaban J connectivity index is 1.39. The van der Waals surface area contributed by atoms with E-state index in [4.69, 9.17) is 9.47 Å². The Hall–Kier alpha value is -3.54. The van der Waals surface area contributed by atoms with Crippen molar-refractivity contribution in [3.63, 3.8) is 0 Å². The summed E-state index contributed by atoms with van der Waals surface area (Å²) in [6, 6.07) is 15.9. The number of nitrogens with one attached hydrogen (secondary N) is 1. The second kappa shape index (κ2) is 10.2. The molecule has 3 aromatic rings. The van der Waals surface area contributed by atoms with Gasteiger partial charge in [-0.2, -0.15) is 5.10 Å². The van der Waals surface area contributed by atoms with E-state index in [2.05, 4.69) is 27.2 Å². The van der Waals surface area contributed by atoms with Gasteiger partial charge >= 0.3 is 0 Å². The summed E-state index contributed by atoms with van der Waals surface area (Å²) >= 11 is 0. The first kappa shape index (κ1) is 21.7. The zero-order valence-electron chi connectivity index (χ0n) is 18.6. The summed E-state index contributed by atoms with van der Waals surface area (Å²) < 4.78 is 13.2. The maximum Gasteiger partial charge on any atom is 0.258 e. The summed E-state index contributed by atoms with van der Waals surface area (Å²) in [5.74, 6) is 1.00. The summed E-state index contributed by atoms with van der Waals surface area (Å²) in [5.41, 5.74) is 4.54. The molecule has 166 valence electrons. The number of aromatic nitrogens is 2. The van der Waals surface area contributed by atoms with E-state index in [1.165, 1.54) is 11.3 Å². The first-order valence-electron chi connectivity index (χ1n) is 11.0. The number of ether oxygens (including phenoxy) is 2. The van der Waals surface area contributed by atoms with Crippen LogP contribution in [0.1, 0.15) is 48.2 Å². The molecule has 2 aromatic carbocycles. The van der Waals surface area contributed by atoms with Crippen molar-refractivity contribution in [2.45, 2.75) is 38.8 Å². The molecular formula is C26H29N3O3. The van der Waals surface area contributed by atoms with E-state index in [0.717, 1.165) is 36.9 Å². The third-order valence-electron chi connectivity index (χ3n) is 5.68. The van der Waals surface area contributed by atoms with Gasteiger partial charge in [-0.15, -0.1) is 0 Å². The van der Waals surface area contributed by atoms with Crippen LogP contribution in [0.4, 0.5) is 0 Å². The minimum Gasteiger partial charge on any atom is -0.493 e. The van der Waals surface area contributed by atoms with Gasteiger partial charge in [0.1, 0.15) is 0 Å². The number of carbonyl (C=O) groups excluding carboxylic acids is 1. The first-order chi connectivity index (χ1) is 15.7. The quantitative estimate of drug-likeness (QED) is 0.568. The van der Waals surface area contributed by atoms with E-state index < -0.39 is 0 Å². The summed E-state index contributed by atoms with van der Waals surface area (Å²) in [6.07, 6.45) is 8.73. The predicted octanol–water partition coefficient (Wildman–Crippen LogP) is 4.55. The van der Waals surface area contributed by atoms with Crippen LogP contribution in [-0.4, -0.2) is 29.4 Å². The van der Waals surface area contributed by atoms with E-state index >= 15 is 0 Å². The lowest BCUT2D eigenvalue weighted by Gasteiger charge is -2.24. The molecular weight excluding hydrogens is 402 g/mol. The van der Waals surface area contributed by atoms with Gasteiger partial charge in [-0.05, 0) is 49.4 Å². The Kier molecular flexibility index (Phi) is 6.90. The van der Waals surface area contributed by atoms with Crippen LogP contribution in [-0.2, 0) is 17.8 Å². The van der Waals surface area contributed by atoms with Crippen LogP contribution >= 0.6 is 0 Å². The third kappa shape index (κ3) is 5.02. The van der Waals surface area contributed by atoms with Gasteiger partial charge in [0.15, 0.2) is 18.1 Å². The van der Waals surface area contributed by atoms with Gasteiger partial charge in [-0.1, -0.05) is 48.6 Å². The second-order valence-corrected chi connectivity index (χ2v) is 7.90. The molecule has 1 amide bonds. The molecule has 32 heavy (non-hydrogen) atoms. The number of benzene rings is 2. The zero-order chi connectivity index (χ0) is 22.3. The topological polar surface area (TPSA) is 65.4 Å². The first-order valence-corrected chi connectivity index (χ1v) is 11.0. The maximum absolute atomic E-state index is 12.6. The maximum atomic E-state index is 12.6. The number of carbonyl (C=O) groups is 1. The van der Waals surface area contributed by atoms with Crippen LogP contribution in [0.3, 0.4) is 0 Å². The number of rotatable bonds is 8. The summed E-state index contributed by atoms with van der Waals surface area (Å²) in [5, 5.41) is 7.72. The Morgan fingerprint density at radius 1 is 1.22 bits per heavy atom. The van der Waals surface area contributed by atoms with Crippen molar-refractivity contribution in [1.29, 1.82) is 0 Å². The molecule has 0 saturated carbocycles. The van der Waals surface area contributed by atoms with Gasteiger partial charge in [0.2, 0.25) is 0 Å². The number of allylic oxidation sites excluding steroid dienone is 1. The monoisotopic (exact) mass is 431 g/mol. The second-order valence-electron chi connectivity index (χ2n) is 7.90. The van der Waals surface area contributed by atoms with Gasteiger partial charge in [0, 0.05) is 11.3 Å². The van der Waals surface area contributed by atoms with Crippen molar-refractivity contribution in [3.05, 3.63) is 83.2 Å². The van der Waals surface area contributed by atoms with Gasteiger partial charge in [0.25, 0.3) is 5.91 Å². The van der Waals surface area contributed by atoms with E-state index in [1.807, 2.05) is 61.7 Å². The molecule has 4 rings (SSSR count). The normalized spacial score (nSPS) is 15.4. The Labute approximate surface area is 188 Å². The molecule has 1 unspecified atom stereocenters. The van der Waals surface area contributed by atoms with E-state index in [0.29, 0.717) is 11.5 Å². The van der Waals surface area contributed by atoms with Crippen LogP contribution < -0.4 is 14.8 Å². The highest BCUT2D eigenvalue weighted by atomic mass is 16.5. The van der Waals surface area contributed by atoms with E-state index in [1.54, 1.807) is 7.11 Å². The Bertz CT molecular complexity index is 1090. The van der Waals surface area contributed by atoms with Gasteiger partial charge in [0.05, 0.1) is 25.9 Å². The average molecular weight is 432 g/mol. The van der Waals surface area contributed by atoms with Crippen LogP contribution in [0.25, 0.3) is 6.08 Å². The van der Waals surface area contributed by atoms with Crippen LogP contribution in [0.2, 0.25) is 0 Å². The van der Waals surface area contributed by atoms with Crippen molar-refractivity contribution in [2.75, 3.05) is 13.7 Å². The number of amides is 1. The lowest BCUT2D eigenvalue weighted by atomic mass is 9.93. The fraction of sp³-hybridized carbons (Fsp3) is 0.308. The minimum atomic E-state index is -0.154. The highest BCUT2D eigenvalue weighted by molar-refractivity contribution is 5.78. The standard InChI is InChI=1S/C26H29N3O3/c1-3-8-19-13-14-24(25(15-19)31-2)32-18-26(30)28-22-11-7-12-23-21(22)16-27-29(23)17-20-9-5-4-6-10-20/h3-6,8-10,13-16,22H,7,11-12,17-18H2,1-2H3,(H,28,30)/b8-3+. The van der Waals surface area contributed by atoms with Crippen molar-refractivity contribution in [1.82, 2.24) is 15.1 Å². The van der Waals surface area contributed by atoms with Gasteiger partial charge in [-0.25, -0.2) is 0 Å². The Morgan fingerprint density at radius 3 is 2.84 bits per heavy atom. The molecule has 0 radical (unpaired) electrons. The smallest absolute Gasteiger partial charge is 0.258 e. The van der Waals surface area contributed by atoms with Crippen molar-refractivity contribution < 1.29 is 14.3 Å². The molecule has 6 nitrogen and oxygen atoms in total. The van der Waals surface area contributed by atoms with Crippen LogP contribution in [0, 0.1) is 0 Å². The van der Waals surface area contributed by atoms with Crippen LogP contribution in [0.5, 0.6) is 11.5 Å². The molecule has 1 heterocycles. The SMILES string of the molecule is C/C=C/c1ccc(OCC(=O)NC2CCCc3c2cnn3Cc2ccccc2)c(OC)c1. The molecule has 1 aromatic heterocycles. The predicted molar refractivity (Wildman–Crippen MR) is 125 cm³/mol. The minimum absolute atomic E-state index is 0.0432. The molecule has 1 aliphatic rings.